The van der Waals surface area contributed by atoms with Crippen molar-refractivity contribution in [3.63, 3.8) is 0 Å². The average molecular weight is 464 g/mol. The topological polar surface area (TPSA) is 108 Å². The maximum Gasteiger partial charge on any atom is 0.408 e. The van der Waals surface area contributed by atoms with Gasteiger partial charge >= 0.3 is 6.09 Å². The summed E-state index contributed by atoms with van der Waals surface area (Å²) in [6.45, 7) is 12.9. The fourth-order valence-corrected chi connectivity index (χ4v) is 3.40. The zero-order valence-electron chi connectivity index (χ0n) is 21.2. The molecule has 0 fully saturated rings. The van der Waals surface area contributed by atoms with E-state index in [4.69, 9.17) is 4.74 Å². The number of nitrogens with zero attached hydrogens (tertiary/aromatic N) is 1. The molecule has 8 nitrogen and oxygen atoms in total. The van der Waals surface area contributed by atoms with Crippen molar-refractivity contribution in [2.75, 3.05) is 13.1 Å². The van der Waals surface area contributed by atoms with Gasteiger partial charge in [-0.25, -0.2) is 4.79 Å². The van der Waals surface area contributed by atoms with Gasteiger partial charge < -0.3 is 25.4 Å². The Balaban J connectivity index is 3.25. The molecule has 0 saturated carbocycles. The molecule has 1 aromatic rings. The van der Waals surface area contributed by atoms with Crippen molar-refractivity contribution >= 4 is 17.9 Å². The Morgan fingerprint density at radius 2 is 1.79 bits per heavy atom. The summed E-state index contributed by atoms with van der Waals surface area (Å²) in [5, 5.41) is 16.1. The van der Waals surface area contributed by atoms with Crippen LogP contribution in [0.3, 0.4) is 0 Å². The van der Waals surface area contributed by atoms with Gasteiger partial charge in [0.25, 0.3) is 0 Å². The normalized spacial score (nSPS) is 13.1. The van der Waals surface area contributed by atoms with E-state index in [1.54, 1.807) is 45.9 Å². The number of rotatable bonds is 11. The molecule has 8 heteroatoms. The number of unbranched alkanes of at least 4 members (excludes halogenated alkanes) is 2. The predicted octanol–water partition coefficient (Wildman–Crippen LogP) is 4.20. The molecule has 2 atom stereocenters. The molecule has 186 valence electrons. The molecular weight excluding hydrogens is 422 g/mol. The smallest absolute Gasteiger partial charge is 0.408 e. The number of ether oxygens (including phenoxy) is 1. The van der Waals surface area contributed by atoms with Gasteiger partial charge in [-0.2, -0.15) is 0 Å². The lowest BCUT2D eigenvalue weighted by molar-refractivity contribution is -0.142. The zero-order chi connectivity index (χ0) is 25.2. The van der Waals surface area contributed by atoms with Gasteiger partial charge in [0.2, 0.25) is 11.8 Å². The summed E-state index contributed by atoms with van der Waals surface area (Å²) >= 11 is 0. The number of para-hydroxylation sites is 1. The molecule has 0 aromatic heterocycles. The second-order valence-corrected chi connectivity index (χ2v) is 9.33. The van der Waals surface area contributed by atoms with Crippen LogP contribution < -0.4 is 10.6 Å². The van der Waals surface area contributed by atoms with E-state index < -0.39 is 23.6 Å². The highest BCUT2D eigenvalue weighted by molar-refractivity contribution is 5.91. The van der Waals surface area contributed by atoms with E-state index >= 15 is 0 Å². The number of nitrogens with one attached hydrogen (secondary N) is 2. The van der Waals surface area contributed by atoms with E-state index in [1.165, 1.54) is 4.90 Å². The minimum absolute atomic E-state index is 0.0209. The summed E-state index contributed by atoms with van der Waals surface area (Å²) in [7, 11) is 0. The minimum atomic E-state index is -1.03. The van der Waals surface area contributed by atoms with Gasteiger partial charge in [-0.15, -0.1) is 0 Å². The van der Waals surface area contributed by atoms with Crippen molar-refractivity contribution in [1.29, 1.82) is 0 Å². The first-order chi connectivity index (χ1) is 15.4. The molecule has 33 heavy (non-hydrogen) atoms. The number of aryl methyl sites for hydroxylation is 1. The van der Waals surface area contributed by atoms with E-state index in [1.807, 2.05) is 13.8 Å². The highest BCUT2D eigenvalue weighted by Gasteiger charge is 2.36. The summed E-state index contributed by atoms with van der Waals surface area (Å²) in [5.74, 6) is -0.824. The van der Waals surface area contributed by atoms with Crippen LogP contribution in [0, 0.1) is 6.92 Å². The number of carbonyl (C=O) groups is 3. The van der Waals surface area contributed by atoms with Crippen LogP contribution in [0.1, 0.15) is 84.4 Å². The molecule has 0 saturated heterocycles. The van der Waals surface area contributed by atoms with Crippen molar-refractivity contribution in [2.24, 2.45) is 0 Å². The van der Waals surface area contributed by atoms with Crippen molar-refractivity contribution < 1.29 is 24.2 Å². The molecule has 0 radical (unpaired) electrons. The third-order valence-electron chi connectivity index (χ3n) is 5.31. The third kappa shape index (κ3) is 8.94. The first-order valence-corrected chi connectivity index (χ1v) is 11.8. The van der Waals surface area contributed by atoms with Gasteiger partial charge in [-0.1, -0.05) is 44.9 Å². The first-order valence-electron chi connectivity index (χ1n) is 11.8. The maximum atomic E-state index is 13.3. The monoisotopic (exact) mass is 463 g/mol. The van der Waals surface area contributed by atoms with Crippen LogP contribution in [0.4, 0.5) is 4.79 Å². The summed E-state index contributed by atoms with van der Waals surface area (Å²) in [5.41, 5.74) is 0.270. The molecule has 0 aliphatic rings. The quantitative estimate of drug-likeness (QED) is 0.426. The maximum absolute atomic E-state index is 13.3. The number of phenols is 1. The van der Waals surface area contributed by atoms with Crippen LogP contribution in [0.2, 0.25) is 0 Å². The van der Waals surface area contributed by atoms with Crippen LogP contribution in [0.25, 0.3) is 0 Å². The Morgan fingerprint density at radius 1 is 1.12 bits per heavy atom. The standard InChI is InChI=1S/C25H41N3O5/c1-8-10-11-15-26-23(31)21(19-14-12-13-17(3)22(19)30)28(18(4)9-2)20(29)16-27-24(32)33-25(5,6)7/h12-14,18,21,30H,8-11,15-16H2,1-7H3,(H,26,31)(H,27,32). The van der Waals surface area contributed by atoms with E-state index in [-0.39, 0.29) is 24.2 Å². The van der Waals surface area contributed by atoms with E-state index in [2.05, 4.69) is 17.6 Å². The van der Waals surface area contributed by atoms with E-state index in [9.17, 15) is 19.5 Å². The van der Waals surface area contributed by atoms with Crippen LogP contribution >= 0.6 is 0 Å². The van der Waals surface area contributed by atoms with E-state index in [0.29, 0.717) is 24.1 Å². The second kappa shape index (κ2) is 13.1. The SMILES string of the molecule is CCCCCNC(=O)C(c1cccc(C)c1O)N(C(=O)CNC(=O)OC(C)(C)C)C(C)CC. The Morgan fingerprint density at radius 3 is 2.36 bits per heavy atom. The lowest BCUT2D eigenvalue weighted by atomic mass is 9.98. The molecule has 3 amide bonds. The van der Waals surface area contributed by atoms with Crippen molar-refractivity contribution in [1.82, 2.24) is 15.5 Å². The highest BCUT2D eigenvalue weighted by atomic mass is 16.6. The summed E-state index contributed by atoms with van der Waals surface area (Å²) in [6.07, 6.45) is 2.70. The number of hydrogen-bond donors (Lipinski definition) is 3. The number of amides is 3. The molecule has 2 unspecified atom stereocenters. The van der Waals surface area contributed by atoms with Crippen LogP contribution in [0.5, 0.6) is 5.75 Å². The molecule has 0 aliphatic carbocycles. The fourth-order valence-electron chi connectivity index (χ4n) is 3.40. The number of alkyl carbamates (subject to hydrolysis) is 1. The fraction of sp³-hybridized carbons (Fsp3) is 0.640. The summed E-state index contributed by atoms with van der Waals surface area (Å²) in [4.78, 5) is 40.2. The second-order valence-electron chi connectivity index (χ2n) is 9.33. The number of carbonyl (C=O) groups excluding carboxylic acids is 3. The van der Waals surface area contributed by atoms with Gasteiger partial charge in [0.1, 0.15) is 23.9 Å². The van der Waals surface area contributed by atoms with Crippen molar-refractivity contribution in [2.45, 2.75) is 91.8 Å². The number of aromatic hydroxyl groups is 1. The van der Waals surface area contributed by atoms with Crippen LogP contribution in [0.15, 0.2) is 18.2 Å². The Kier molecular flexibility index (Phi) is 11.2. The molecule has 3 N–H and O–H groups in total. The molecule has 1 rings (SSSR count). The number of hydrogen-bond acceptors (Lipinski definition) is 5. The average Bonchev–Trinajstić information content (AvgIpc) is 2.73. The molecule has 0 heterocycles. The molecule has 0 bridgehead atoms. The van der Waals surface area contributed by atoms with Crippen molar-refractivity contribution in [3.05, 3.63) is 29.3 Å². The van der Waals surface area contributed by atoms with Gasteiger partial charge in [-0.3, -0.25) is 9.59 Å². The Hall–Kier alpha value is -2.77. The molecule has 0 aliphatic heterocycles. The number of phenolic OH excluding ortho intramolecular Hbond substituents is 1. The summed E-state index contributed by atoms with van der Waals surface area (Å²) < 4.78 is 5.22. The van der Waals surface area contributed by atoms with E-state index in [0.717, 1.165) is 19.3 Å². The number of benzene rings is 1. The lowest BCUT2D eigenvalue weighted by Gasteiger charge is -2.36. The largest absolute Gasteiger partial charge is 0.507 e. The third-order valence-corrected chi connectivity index (χ3v) is 5.31. The first kappa shape index (κ1) is 28.3. The zero-order valence-corrected chi connectivity index (χ0v) is 21.2. The van der Waals surface area contributed by atoms with Gasteiger partial charge in [0.15, 0.2) is 0 Å². The van der Waals surface area contributed by atoms with Crippen LogP contribution in [-0.2, 0) is 14.3 Å². The van der Waals surface area contributed by atoms with Gasteiger partial charge in [0, 0.05) is 18.2 Å². The Labute approximate surface area is 198 Å². The molecule has 1 aromatic carbocycles. The lowest BCUT2D eigenvalue weighted by Crippen LogP contribution is -2.51. The predicted molar refractivity (Wildman–Crippen MR) is 129 cm³/mol. The molecular formula is C25H41N3O5. The van der Waals surface area contributed by atoms with Gasteiger partial charge in [0.05, 0.1) is 0 Å². The minimum Gasteiger partial charge on any atom is -0.507 e. The van der Waals surface area contributed by atoms with Crippen LogP contribution in [-0.4, -0.2) is 52.6 Å². The Bertz CT molecular complexity index is 804. The highest BCUT2D eigenvalue weighted by Crippen LogP contribution is 2.33. The van der Waals surface area contributed by atoms with Crippen molar-refractivity contribution in [3.8, 4) is 5.75 Å². The van der Waals surface area contributed by atoms with Gasteiger partial charge in [-0.05, 0) is 53.0 Å². The summed E-state index contributed by atoms with van der Waals surface area (Å²) in [6, 6.07) is 3.80. The molecule has 0 spiro atoms.